The van der Waals surface area contributed by atoms with Crippen molar-refractivity contribution in [1.82, 2.24) is 15.2 Å². The van der Waals surface area contributed by atoms with Crippen LogP contribution < -0.4 is 15.8 Å². The van der Waals surface area contributed by atoms with E-state index in [1.54, 1.807) is 36.5 Å². The first-order chi connectivity index (χ1) is 12.7. The molecule has 8 nitrogen and oxygen atoms in total. The van der Waals surface area contributed by atoms with Crippen molar-refractivity contribution in [2.75, 3.05) is 36.5 Å². The van der Waals surface area contributed by atoms with E-state index in [0.717, 1.165) is 18.9 Å². The van der Waals surface area contributed by atoms with Crippen LogP contribution in [0.1, 0.15) is 10.5 Å². The van der Waals surface area contributed by atoms with Crippen LogP contribution in [0, 0.1) is 0 Å². The molecule has 3 heterocycles. The number of ether oxygens (including phenoxy) is 1. The van der Waals surface area contributed by atoms with Crippen molar-refractivity contribution in [1.29, 1.82) is 0 Å². The van der Waals surface area contributed by atoms with Crippen LogP contribution in [-0.4, -0.2) is 47.4 Å². The van der Waals surface area contributed by atoms with Crippen molar-refractivity contribution < 1.29 is 9.53 Å². The van der Waals surface area contributed by atoms with Crippen LogP contribution in [0.4, 0.5) is 11.5 Å². The van der Waals surface area contributed by atoms with Crippen molar-refractivity contribution in [3.8, 4) is 0 Å². The zero-order chi connectivity index (χ0) is 17.9. The molecule has 1 saturated heterocycles. The number of morpholine rings is 1. The zero-order valence-corrected chi connectivity index (χ0v) is 13.9. The number of rotatable bonds is 3. The van der Waals surface area contributed by atoms with Gasteiger partial charge >= 0.3 is 0 Å². The third-order valence-corrected chi connectivity index (χ3v) is 4.25. The first-order valence-corrected chi connectivity index (χ1v) is 8.30. The van der Waals surface area contributed by atoms with Crippen molar-refractivity contribution in [2.45, 2.75) is 0 Å². The normalized spacial score (nSPS) is 14.4. The Morgan fingerprint density at radius 2 is 1.88 bits per heavy atom. The number of nitrogens with one attached hydrogen (secondary N) is 2. The van der Waals surface area contributed by atoms with Gasteiger partial charge in [-0.05, 0) is 18.2 Å². The lowest BCUT2D eigenvalue weighted by Crippen LogP contribution is -2.36. The summed E-state index contributed by atoms with van der Waals surface area (Å²) < 4.78 is 5.33. The van der Waals surface area contributed by atoms with Crippen LogP contribution in [0.15, 0.2) is 47.4 Å². The number of anilines is 2. The Bertz CT molecular complexity index is 994. The van der Waals surface area contributed by atoms with E-state index >= 15 is 0 Å². The molecule has 1 fully saturated rings. The fraction of sp³-hybridized carbons (Fsp3) is 0.222. The van der Waals surface area contributed by atoms with Gasteiger partial charge in [0.05, 0.1) is 30.5 Å². The van der Waals surface area contributed by atoms with Gasteiger partial charge in [-0.1, -0.05) is 18.2 Å². The fourth-order valence-corrected chi connectivity index (χ4v) is 2.92. The van der Waals surface area contributed by atoms with E-state index in [1.165, 1.54) is 0 Å². The lowest BCUT2D eigenvalue weighted by Gasteiger charge is -2.27. The Balaban J connectivity index is 1.55. The van der Waals surface area contributed by atoms with E-state index in [4.69, 9.17) is 4.74 Å². The number of aromatic nitrogens is 3. The number of hydrogen-bond donors (Lipinski definition) is 2. The fourth-order valence-electron chi connectivity index (χ4n) is 2.92. The number of aromatic amines is 1. The van der Waals surface area contributed by atoms with Gasteiger partial charge in [0.15, 0.2) is 5.69 Å². The van der Waals surface area contributed by atoms with Gasteiger partial charge in [0.2, 0.25) is 0 Å². The molecule has 2 N–H and O–H groups in total. The molecule has 1 amide bonds. The highest BCUT2D eigenvalue weighted by Crippen LogP contribution is 2.17. The number of amides is 1. The van der Waals surface area contributed by atoms with E-state index in [9.17, 15) is 9.59 Å². The van der Waals surface area contributed by atoms with Crippen LogP contribution in [-0.2, 0) is 4.74 Å². The highest BCUT2D eigenvalue weighted by Gasteiger charge is 2.15. The minimum atomic E-state index is -0.404. The summed E-state index contributed by atoms with van der Waals surface area (Å²) in [6.45, 7) is 2.97. The molecule has 2 aromatic heterocycles. The average molecular weight is 351 g/mol. The van der Waals surface area contributed by atoms with E-state index in [1.807, 2.05) is 6.07 Å². The Labute approximate surface area is 148 Å². The maximum atomic E-state index is 12.6. The molecule has 1 aliphatic rings. The lowest BCUT2D eigenvalue weighted by atomic mass is 10.1. The molecule has 0 saturated carbocycles. The average Bonchev–Trinajstić information content (AvgIpc) is 2.70. The van der Waals surface area contributed by atoms with E-state index < -0.39 is 5.91 Å². The summed E-state index contributed by atoms with van der Waals surface area (Å²) in [6.07, 6.45) is 1.61. The third-order valence-electron chi connectivity index (χ3n) is 4.25. The molecule has 0 aliphatic carbocycles. The second-order valence-electron chi connectivity index (χ2n) is 5.91. The first kappa shape index (κ1) is 16.2. The maximum absolute atomic E-state index is 12.6. The standard InChI is InChI=1S/C18H17N5O3/c24-17-14-4-2-1-3-13(14)16(21-22-17)18(25)20-12-5-6-15(19-11-12)23-7-9-26-10-8-23/h1-6,11H,7-10H2,(H,20,25)(H,22,24). The number of pyridine rings is 1. The summed E-state index contributed by atoms with van der Waals surface area (Å²) in [5.74, 6) is 0.442. The second kappa shape index (κ2) is 6.93. The zero-order valence-electron chi connectivity index (χ0n) is 13.9. The van der Waals surface area contributed by atoms with E-state index in [0.29, 0.717) is 29.7 Å². The van der Waals surface area contributed by atoms with Crippen LogP contribution in [0.2, 0.25) is 0 Å². The first-order valence-electron chi connectivity index (χ1n) is 8.30. The molecular formula is C18H17N5O3. The van der Waals surface area contributed by atoms with Crippen molar-refractivity contribution >= 4 is 28.2 Å². The van der Waals surface area contributed by atoms with Crippen LogP contribution in [0.25, 0.3) is 10.8 Å². The minimum Gasteiger partial charge on any atom is -0.378 e. The third kappa shape index (κ3) is 3.14. The lowest BCUT2D eigenvalue weighted by molar-refractivity contribution is 0.102. The Morgan fingerprint density at radius 3 is 2.62 bits per heavy atom. The molecule has 4 rings (SSSR count). The number of hydrogen-bond acceptors (Lipinski definition) is 6. The summed E-state index contributed by atoms with van der Waals surface area (Å²) in [4.78, 5) is 30.9. The van der Waals surface area contributed by atoms with Gasteiger partial charge in [0, 0.05) is 18.5 Å². The van der Waals surface area contributed by atoms with E-state index in [2.05, 4.69) is 25.4 Å². The van der Waals surface area contributed by atoms with Gasteiger partial charge in [-0.2, -0.15) is 5.10 Å². The van der Waals surface area contributed by atoms with E-state index in [-0.39, 0.29) is 11.3 Å². The number of carbonyl (C=O) groups excluding carboxylic acids is 1. The topological polar surface area (TPSA) is 100 Å². The monoisotopic (exact) mass is 351 g/mol. The number of fused-ring (bicyclic) bond motifs is 1. The predicted octanol–water partition coefficient (Wildman–Crippen LogP) is 1.41. The molecule has 0 atom stereocenters. The minimum absolute atomic E-state index is 0.164. The summed E-state index contributed by atoms with van der Waals surface area (Å²) in [5.41, 5.74) is 0.398. The Hall–Kier alpha value is -3.26. The summed E-state index contributed by atoms with van der Waals surface area (Å²) in [5, 5.41) is 9.96. The summed E-state index contributed by atoms with van der Waals surface area (Å²) in [7, 11) is 0. The van der Waals surface area contributed by atoms with Gasteiger partial charge in [0.25, 0.3) is 11.5 Å². The molecule has 0 bridgehead atoms. The van der Waals surface area contributed by atoms with Gasteiger partial charge in [-0.15, -0.1) is 0 Å². The summed E-state index contributed by atoms with van der Waals surface area (Å²) >= 11 is 0. The highest BCUT2D eigenvalue weighted by molar-refractivity contribution is 6.11. The Kier molecular flexibility index (Phi) is 4.32. The predicted molar refractivity (Wildman–Crippen MR) is 97.6 cm³/mol. The molecule has 0 unspecified atom stereocenters. The molecule has 1 aliphatic heterocycles. The van der Waals surface area contributed by atoms with Gasteiger partial charge in [0.1, 0.15) is 5.82 Å². The van der Waals surface area contributed by atoms with Crippen LogP contribution in [0.5, 0.6) is 0 Å². The molecule has 0 radical (unpaired) electrons. The molecular weight excluding hydrogens is 334 g/mol. The van der Waals surface area contributed by atoms with Crippen molar-refractivity contribution in [3.63, 3.8) is 0 Å². The molecule has 26 heavy (non-hydrogen) atoms. The quantitative estimate of drug-likeness (QED) is 0.740. The molecule has 1 aromatic carbocycles. The smallest absolute Gasteiger partial charge is 0.276 e. The SMILES string of the molecule is O=C(Nc1ccc(N2CCOCC2)nc1)c1n[nH]c(=O)c2ccccc12. The molecule has 0 spiro atoms. The number of benzene rings is 1. The molecule has 3 aromatic rings. The van der Waals surface area contributed by atoms with Crippen LogP contribution in [0.3, 0.4) is 0 Å². The van der Waals surface area contributed by atoms with Crippen molar-refractivity contribution in [3.05, 3.63) is 58.6 Å². The molecule has 132 valence electrons. The van der Waals surface area contributed by atoms with Gasteiger partial charge in [-0.25, -0.2) is 10.1 Å². The largest absolute Gasteiger partial charge is 0.378 e. The van der Waals surface area contributed by atoms with Crippen molar-refractivity contribution in [2.24, 2.45) is 0 Å². The maximum Gasteiger partial charge on any atom is 0.276 e. The molecule has 8 heteroatoms. The highest BCUT2D eigenvalue weighted by atomic mass is 16.5. The number of H-pyrrole nitrogens is 1. The number of nitrogens with zero attached hydrogens (tertiary/aromatic N) is 3. The van der Waals surface area contributed by atoms with Gasteiger partial charge in [-0.3, -0.25) is 9.59 Å². The Morgan fingerprint density at radius 1 is 1.12 bits per heavy atom. The number of carbonyl (C=O) groups is 1. The van der Waals surface area contributed by atoms with Gasteiger partial charge < -0.3 is 15.0 Å². The second-order valence-corrected chi connectivity index (χ2v) is 5.91. The van der Waals surface area contributed by atoms with Crippen LogP contribution >= 0.6 is 0 Å². The summed E-state index contributed by atoms with van der Waals surface area (Å²) in [6, 6.07) is 10.5.